The smallest absolute Gasteiger partial charge is 0.0438 e. The van der Waals surface area contributed by atoms with Crippen LogP contribution in [-0.4, -0.2) is 25.2 Å². The summed E-state index contributed by atoms with van der Waals surface area (Å²) < 4.78 is 1.19. The van der Waals surface area contributed by atoms with Gasteiger partial charge in [-0.2, -0.15) is 0 Å². The summed E-state index contributed by atoms with van der Waals surface area (Å²) >= 11 is 3.63. The van der Waals surface area contributed by atoms with Crippen LogP contribution in [0, 0.1) is 25.7 Å². The van der Waals surface area contributed by atoms with Crippen molar-refractivity contribution in [3.05, 3.63) is 27.7 Å². The highest BCUT2D eigenvalue weighted by molar-refractivity contribution is 9.10. The van der Waals surface area contributed by atoms with Gasteiger partial charge < -0.3 is 10.2 Å². The SMILES string of the molecule is Cc1cc(Br)cc(C)c1N1CC(C2CC2)NCC1C(C)C. The van der Waals surface area contributed by atoms with E-state index in [1.165, 1.54) is 34.1 Å². The Morgan fingerprint density at radius 1 is 1.19 bits per heavy atom. The Hall–Kier alpha value is -0.540. The van der Waals surface area contributed by atoms with Crippen molar-refractivity contribution in [3.8, 4) is 0 Å². The van der Waals surface area contributed by atoms with Gasteiger partial charge >= 0.3 is 0 Å². The molecule has 1 aliphatic carbocycles. The Balaban J connectivity index is 1.94. The van der Waals surface area contributed by atoms with Crippen LogP contribution < -0.4 is 10.2 Å². The molecule has 2 atom stereocenters. The lowest BCUT2D eigenvalue weighted by atomic mass is 9.94. The predicted molar refractivity (Wildman–Crippen MR) is 94.1 cm³/mol. The molecule has 1 saturated carbocycles. The van der Waals surface area contributed by atoms with Crippen LogP contribution in [-0.2, 0) is 0 Å². The first-order chi connectivity index (χ1) is 9.97. The molecule has 3 heteroatoms. The van der Waals surface area contributed by atoms with Crippen LogP contribution in [0.3, 0.4) is 0 Å². The summed E-state index contributed by atoms with van der Waals surface area (Å²) in [4.78, 5) is 2.70. The quantitative estimate of drug-likeness (QED) is 0.875. The number of halogens is 1. The van der Waals surface area contributed by atoms with Gasteiger partial charge in [-0.25, -0.2) is 0 Å². The van der Waals surface area contributed by atoms with Crippen molar-refractivity contribution in [1.82, 2.24) is 5.32 Å². The van der Waals surface area contributed by atoms with E-state index in [2.05, 4.69) is 66.0 Å². The van der Waals surface area contributed by atoms with Gasteiger partial charge in [0.15, 0.2) is 0 Å². The lowest BCUT2D eigenvalue weighted by Crippen LogP contribution is -2.59. The topological polar surface area (TPSA) is 15.3 Å². The average molecular weight is 351 g/mol. The Morgan fingerprint density at radius 3 is 2.33 bits per heavy atom. The minimum atomic E-state index is 0.596. The minimum Gasteiger partial charge on any atom is -0.365 e. The third-order valence-electron chi connectivity index (χ3n) is 5.09. The van der Waals surface area contributed by atoms with E-state index in [-0.39, 0.29) is 0 Å². The van der Waals surface area contributed by atoms with Crippen LogP contribution >= 0.6 is 15.9 Å². The Morgan fingerprint density at radius 2 is 1.81 bits per heavy atom. The van der Waals surface area contributed by atoms with Gasteiger partial charge in [0, 0.05) is 35.3 Å². The average Bonchev–Trinajstić information content (AvgIpc) is 3.21. The molecule has 2 aliphatic rings. The normalized spacial score (nSPS) is 26.5. The van der Waals surface area contributed by atoms with Crippen LogP contribution in [0.4, 0.5) is 5.69 Å². The molecule has 1 N–H and O–H groups in total. The third-order valence-corrected chi connectivity index (χ3v) is 5.54. The molecule has 21 heavy (non-hydrogen) atoms. The number of piperazine rings is 1. The minimum absolute atomic E-state index is 0.596. The van der Waals surface area contributed by atoms with E-state index in [0.717, 1.165) is 19.0 Å². The summed E-state index contributed by atoms with van der Waals surface area (Å²) in [5.41, 5.74) is 4.25. The zero-order valence-electron chi connectivity index (χ0n) is 13.6. The highest BCUT2D eigenvalue weighted by Gasteiger charge is 2.38. The molecule has 1 aliphatic heterocycles. The fourth-order valence-electron chi connectivity index (χ4n) is 3.82. The maximum Gasteiger partial charge on any atom is 0.0438 e. The molecule has 1 heterocycles. The van der Waals surface area contributed by atoms with Crippen molar-refractivity contribution < 1.29 is 0 Å². The van der Waals surface area contributed by atoms with Gasteiger partial charge in [-0.3, -0.25) is 0 Å². The number of hydrogen-bond donors (Lipinski definition) is 1. The second-order valence-electron chi connectivity index (χ2n) is 7.20. The molecule has 1 aromatic rings. The lowest BCUT2D eigenvalue weighted by Gasteiger charge is -2.45. The summed E-state index contributed by atoms with van der Waals surface area (Å²) in [6, 6.07) is 5.79. The van der Waals surface area contributed by atoms with E-state index in [0.29, 0.717) is 18.0 Å². The molecule has 0 spiro atoms. The van der Waals surface area contributed by atoms with E-state index in [9.17, 15) is 0 Å². The molecule has 0 amide bonds. The molecule has 0 bridgehead atoms. The largest absolute Gasteiger partial charge is 0.365 e. The molecule has 2 fully saturated rings. The molecular formula is C18H27BrN2. The van der Waals surface area contributed by atoms with Crippen molar-refractivity contribution in [2.45, 2.75) is 52.6 Å². The fraction of sp³-hybridized carbons (Fsp3) is 0.667. The van der Waals surface area contributed by atoms with E-state index < -0.39 is 0 Å². The molecule has 2 nitrogen and oxygen atoms in total. The number of rotatable bonds is 3. The third kappa shape index (κ3) is 3.14. The first kappa shape index (κ1) is 15.4. The lowest BCUT2D eigenvalue weighted by molar-refractivity contribution is 0.319. The van der Waals surface area contributed by atoms with Gasteiger partial charge in [-0.05, 0) is 61.8 Å². The molecule has 0 aromatic heterocycles. The first-order valence-electron chi connectivity index (χ1n) is 8.24. The Kier molecular flexibility index (Phi) is 4.33. The second-order valence-corrected chi connectivity index (χ2v) is 8.12. The van der Waals surface area contributed by atoms with Crippen LogP contribution in [0.1, 0.15) is 37.8 Å². The predicted octanol–water partition coefficient (Wildman–Crippen LogP) is 4.28. The van der Waals surface area contributed by atoms with Crippen molar-refractivity contribution in [2.24, 2.45) is 11.8 Å². The van der Waals surface area contributed by atoms with Crippen molar-refractivity contribution in [3.63, 3.8) is 0 Å². The number of hydrogen-bond acceptors (Lipinski definition) is 2. The molecule has 1 aromatic carbocycles. The van der Waals surface area contributed by atoms with Gasteiger partial charge in [-0.15, -0.1) is 0 Å². The zero-order chi connectivity index (χ0) is 15.1. The molecular weight excluding hydrogens is 324 g/mol. The number of nitrogens with one attached hydrogen (secondary N) is 1. The zero-order valence-corrected chi connectivity index (χ0v) is 15.2. The monoisotopic (exact) mass is 350 g/mol. The van der Waals surface area contributed by atoms with Gasteiger partial charge in [0.2, 0.25) is 0 Å². The van der Waals surface area contributed by atoms with Gasteiger partial charge in [0.25, 0.3) is 0 Å². The summed E-state index contributed by atoms with van der Waals surface area (Å²) in [5.74, 6) is 1.58. The van der Waals surface area contributed by atoms with E-state index in [1.54, 1.807) is 0 Å². The molecule has 0 radical (unpaired) electrons. The first-order valence-corrected chi connectivity index (χ1v) is 9.03. The van der Waals surface area contributed by atoms with Gasteiger partial charge in [0.1, 0.15) is 0 Å². The summed E-state index contributed by atoms with van der Waals surface area (Å²) in [7, 11) is 0. The van der Waals surface area contributed by atoms with Gasteiger partial charge in [0.05, 0.1) is 0 Å². The molecule has 116 valence electrons. The van der Waals surface area contributed by atoms with Crippen molar-refractivity contribution >= 4 is 21.6 Å². The summed E-state index contributed by atoms with van der Waals surface area (Å²) in [5, 5.41) is 3.81. The number of nitrogens with zero attached hydrogens (tertiary/aromatic N) is 1. The maximum absolute atomic E-state index is 3.81. The van der Waals surface area contributed by atoms with Crippen molar-refractivity contribution in [2.75, 3.05) is 18.0 Å². The van der Waals surface area contributed by atoms with E-state index in [1.807, 2.05) is 0 Å². The summed E-state index contributed by atoms with van der Waals surface area (Å²) in [6.07, 6.45) is 2.83. The fourth-order valence-corrected chi connectivity index (χ4v) is 4.50. The Bertz CT molecular complexity index is 499. The van der Waals surface area contributed by atoms with Crippen LogP contribution in [0.25, 0.3) is 0 Å². The number of anilines is 1. The van der Waals surface area contributed by atoms with Gasteiger partial charge in [-0.1, -0.05) is 29.8 Å². The number of benzene rings is 1. The highest BCUT2D eigenvalue weighted by Crippen LogP contribution is 2.38. The van der Waals surface area contributed by atoms with E-state index in [4.69, 9.17) is 0 Å². The number of aryl methyl sites for hydroxylation is 2. The molecule has 1 saturated heterocycles. The second kappa shape index (κ2) is 5.92. The summed E-state index contributed by atoms with van der Waals surface area (Å²) in [6.45, 7) is 11.5. The standard InChI is InChI=1S/C18H27BrN2/c1-11(2)17-9-20-16(14-5-6-14)10-21(17)18-12(3)7-15(19)8-13(18)4/h7-8,11,14,16-17,20H,5-6,9-10H2,1-4H3. The molecule has 3 rings (SSSR count). The van der Waals surface area contributed by atoms with Crippen LogP contribution in [0.5, 0.6) is 0 Å². The van der Waals surface area contributed by atoms with Crippen LogP contribution in [0.15, 0.2) is 16.6 Å². The van der Waals surface area contributed by atoms with Crippen LogP contribution in [0.2, 0.25) is 0 Å². The highest BCUT2D eigenvalue weighted by atomic mass is 79.9. The molecule has 2 unspecified atom stereocenters. The maximum atomic E-state index is 3.81. The van der Waals surface area contributed by atoms with Crippen molar-refractivity contribution in [1.29, 1.82) is 0 Å². The van der Waals surface area contributed by atoms with E-state index >= 15 is 0 Å². The Labute approximate surface area is 137 Å².